The van der Waals surface area contributed by atoms with Crippen molar-refractivity contribution < 1.29 is 0 Å². The van der Waals surface area contributed by atoms with Gasteiger partial charge in [-0.15, -0.1) is 12.6 Å². The highest BCUT2D eigenvalue weighted by Gasteiger charge is 2.10. The first kappa shape index (κ1) is 11.1. The Morgan fingerprint density at radius 2 is 1.56 bits per heavy atom. The maximum atomic E-state index is 12.5. The minimum Gasteiger partial charge on any atom is -0.349 e. The van der Waals surface area contributed by atoms with Crippen molar-refractivity contribution in [1.29, 1.82) is 0 Å². The number of fused-ring (bicyclic) bond motifs is 1. The van der Waals surface area contributed by atoms with Gasteiger partial charge in [-0.1, -0.05) is 42.5 Å². The van der Waals surface area contributed by atoms with Crippen LogP contribution < -0.4 is 5.43 Å². The highest BCUT2D eigenvalue weighted by atomic mass is 32.1. The Balaban J connectivity index is 2.41. The van der Waals surface area contributed by atoms with Gasteiger partial charge in [-0.3, -0.25) is 4.79 Å². The molecule has 0 unspecified atom stereocenters. The number of pyridine rings is 1. The summed E-state index contributed by atoms with van der Waals surface area (Å²) in [5, 5.41) is 1.29. The number of nitrogens with one attached hydrogen (secondary N) is 1. The van der Waals surface area contributed by atoms with E-state index in [1.54, 1.807) is 0 Å². The van der Waals surface area contributed by atoms with Gasteiger partial charge in [0.05, 0.1) is 16.1 Å². The molecule has 0 aliphatic rings. The van der Waals surface area contributed by atoms with E-state index in [0.29, 0.717) is 16.0 Å². The lowest BCUT2D eigenvalue weighted by Gasteiger charge is -2.07. The second-order valence-electron chi connectivity index (χ2n) is 4.09. The van der Waals surface area contributed by atoms with E-state index in [0.717, 1.165) is 11.1 Å². The van der Waals surface area contributed by atoms with Gasteiger partial charge in [0.15, 0.2) is 5.43 Å². The minimum absolute atomic E-state index is 0.0144. The van der Waals surface area contributed by atoms with Gasteiger partial charge in [0, 0.05) is 5.39 Å². The zero-order valence-corrected chi connectivity index (χ0v) is 10.4. The lowest BCUT2D eigenvalue weighted by molar-refractivity contribution is 1.19. The number of aromatic nitrogens is 1. The summed E-state index contributed by atoms with van der Waals surface area (Å²) in [7, 11) is 0. The summed E-state index contributed by atoms with van der Waals surface area (Å²) >= 11 is 4.40. The van der Waals surface area contributed by atoms with Crippen LogP contribution in [0.5, 0.6) is 0 Å². The molecule has 18 heavy (non-hydrogen) atoms. The molecule has 0 saturated heterocycles. The number of rotatable bonds is 1. The van der Waals surface area contributed by atoms with E-state index in [9.17, 15) is 4.79 Å². The topological polar surface area (TPSA) is 32.9 Å². The first-order valence-corrected chi connectivity index (χ1v) is 6.11. The van der Waals surface area contributed by atoms with E-state index < -0.39 is 0 Å². The Hall–Kier alpha value is -2.00. The molecule has 0 atom stereocenters. The van der Waals surface area contributed by atoms with E-state index in [2.05, 4.69) is 17.6 Å². The maximum Gasteiger partial charge on any atom is 0.198 e. The third-order valence-corrected chi connectivity index (χ3v) is 3.29. The van der Waals surface area contributed by atoms with Crippen LogP contribution in [0, 0.1) is 0 Å². The standard InChI is InChI=1S/C15H11NOS/c17-14-11-8-4-5-9-12(11)16-15(18)13(14)10-6-2-1-3-7-10/h1-9H,(H2,16,17,18). The quantitative estimate of drug-likeness (QED) is 0.639. The molecule has 3 rings (SSSR count). The second-order valence-corrected chi connectivity index (χ2v) is 4.54. The molecular weight excluding hydrogens is 242 g/mol. The van der Waals surface area contributed by atoms with Crippen molar-refractivity contribution in [3.8, 4) is 11.1 Å². The first-order chi connectivity index (χ1) is 8.77. The van der Waals surface area contributed by atoms with Gasteiger partial charge in [-0.25, -0.2) is 0 Å². The lowest BCUT2D eigenvalue weighted by Crippen LogP contribution is -2.08. The summed E-state index contributed by atoms with van der Waals surface area (Å²) in [5.41, 5.74) is 2.33. The van der Waals surface area contributed by atoms with Gasteiger partial charge < -0.3 is 4.98 Å². The molecule has 1 heterocycles. The largest absolute Gasteiger partial charge is 0.349 e. The van der Waals surface area contributed by atoms with Crippen LogP contribution in [0.4, 0.5) is 0 Å². The predicted octanol–water partition coefficient (Wildman–Crippen LogP) is 3.48. The van der Waals surface area contributed by atoms with Crippen molar-refractivity contribution in [3.63, 3.8) is 0 Å². The number of thiol groups is 1. The van der Waals surface area contributed by atoms with Crippen LogP contribution in [0.15, 0.2) is 64.4 Å². The summed E-state index contributed by atoms with van der Waals surface area (Å²) in [6.45, 7) is 0. The van der Waals surface area contributed by atoms with Crippen molar-refractivity contribution in [1.82, 2.24) is 4.98 Å². The molecular formula is C15H11NOS. The lowest BCUT2D eigenvalue weighted by atomic mass is 10.0. The third-order valence-electron chi connectivity index (χ3n) is 2.95. The summed E-state index contributed by atoms with van der Waals surface area (Å²) in [4.78, 5) is 15.6. The van der Waals surface area contributed by atoms with Crippen molar-refractivity contribution in [2.75, 3.05) is 0 Å². The third kappa shape index (κ3) is 1.73. The number of hydrogen-bond donors (Lipinski definition) is 2. The van der Waals surface area contributed by atoms with E-state index in [-0.39, 0.29) is 5.43 Å². The smallest absolute Gasteiger partial charge is 0.198 e. The molecule has 2 aromatic carbocycles. The van der Waals surface area contributed by atoms with Gasteiger partial charge in [0.25, 0.3) is 0 Å². The first-order valence-electron chi connectivity index (χ1n) is 5.67. The molecule has 0 fully saturated rings. The fourth-order valence-corrected chi connectivity index (χ4v) is 2.45. The summed E-state index contributed by atoms with van der Waals surface area (Å²) in [6.07, 6.45) is 0. The van der Waals surface area contributed by atoms with Crippen molar-refractivity contribution in [2.24, 2.45) is 0 Å². The van der Waals surface area contributed by atoms with Crippen LogP contribution in [-0.4, -0.2) is 4.98 Å². The van der Waals surface area contributed by atoms with E-state index in [4.69, 9.17) is 0 Å². The van der Waals surface area contributed by atoms with Crippen LogP contribution >= 0.6 is 12.6 Å². The number of para-hydroxylation sites is 1. The molecule has 0 bridgehead atoms. The summed E-state index contributed by atoms with van der Waals surface area (Å²) in [5.74, 6) is 0. The molecule has 0 spiro atoms. The highest BCUT2D eigenvalue weighted by molar-refractivity contribution is 7.80. The Morgan fingerprint density at radius 3 is 2.33 bits per heavy atom. The van der Waals surface area contributed by atoms with Gasteiger partial charge in [0.2, 0.25) is 0 Å². The normalized spacial score (nSPS) is 10.7. The van der Waals surface area contributed by atoms with E-state index >= 15 is 0 Å². The van der Waals surface area contributed by atoms with Crippen LogP contribution in [0.3, 0.4) is 0 Å². The van der Waals surface area contributed by atoms with Crippen LogP contribution in [-0.2, 0) is 0 Å². The van der Waals surface area contributed by atoms with Crippen LogP contribution in [0.2, 0.25) is 0 Å². The van der Waals surface area contributed by atoms with Gasteiger partial charge in [0.1, 0.15) is 0 Å². The van der Waals surface area contributed by atoms with Crippen molar-refractivity contribution in [2.45, 2.75) is 5.03 Å². The molecule has 88 valence electrons. The molecule has 3 heteroatoms. The SMILES string of the molecule is O=c1c(-c2ccccc2)c(S)[nH]c2ccccc12. The minimum atomic E-state index is 0.0144. The molecule has 0 saturated carbocycles. The zero-order valence-electron chi connectivity index (χ0n) is 9.55. The van der Waals surface area contributed by atoms with Crippen LogP contribution in [0.1, 0.15) is 0 Å². The molecule has 1 aromatic heterocycles. The summed E-state index contributed by atoms with van der Waals surface area (Å²) < 4.78 is 0. The second kappa shape index (κ2) is 4.35. The Kier molecular flexibility index (Phi) is 2.68. The predicted molar refractivity (Wildman–Crippen MR) is 77.3 cm³/mol. The number of benzene rings is 2. The molecule has 0 amide bonds. The van der Waals surface area contributed by atoms with Crippen molar-refractivity contribution >= 4 is 23.5 Å². The van der Waals surface area contributed by atoms with Gasteiger partial charge >= 0.3 is 0 Å². The number of hydrogen-bond acceptors (Lipinski definition) is 2. The van der Waals surface area contributed by atoms with Gasteiger partial charge in [-0.2, -0.15) is 0 Å². The molecule has 2 nitrogen and oxygen atoms in total. The fraction of sp³-hybridized carbons (Fsp3) is 0. The van der Waals surface area contributed by atoms with Crippen LogP contribution in [0.25, 0.3) is 22.0 Å². The molecule has 3 aromatic rings. The maximum absolute atomic E-state index is 12.5. The summed E-state index contributed by atoms with van der Waals surface area (Å²) in [6, 6.07) is 17.1. The molecule has 0 radical (unpaired) electrons. The number of H-pyrrole nitrogens is 1. The number of aromatic amines is 1. The van der Waals surface area contributed by atoms with E-state index in [1.807, 2.05) is 54.6 Å². The Morgan fingerprint density at radius 1 is 0.889 bits per heavy atom. The highest BCUT2D eigenvalue weighted by Crippen LogP contribution is 2.23. The monoisotopic (exact) mass is 253 g/mol. The zero-order chi connectivity index (χ0) is 12.5. The molecule has 0 aliphatic carbocycles. The fourth-order valence-electron chi connectivity index (χ4n) is 2.10. The van der Waals surface area contributed by atoms with Gasteiger partial charge in [-0.05, 0) is 17.7 Å². The van der Waals surface area contributed by atoms with E-state index in [1.165, 1.54) is 0 Å². The average Bonchev–Trinajstić information content (AvgIpc) is 2.40. The van der Waals surface area contributed by atoms with Crippen molar-refractivity contribution in [3.05, 3.63) is 64.8 Å². The molecule has 0 aliphatic heterocycles. The Bertz CT molecular complexity index is 762. The average molecular weight is 253 g/mol. The Labute approximate surface area is 110 Å². The molecule has 1 N–H and O–H groups in total.